The summed E-state index contributed by atoms with van der Waals surface area (Å²) in [5.74, 6) is 0.210. The van der Waals surface area contributed by atoms with E-state index < -0.39 is 0 Å². The van der Waals surface area contributed by atoms with Gasteiger partial charge in [0.15, 0.2) is 0 Å². The van der Waals surface area contributed by atoms with Gasteiger partial charge in [0.25, 0.3) is 0 Å². The maximum Gasteiger partial charge on any atom is 0.131 e. The molecule has 0 radical (unpaired) electrons. The van der Waals surface area contributed by atoms with Gasteiger partial charge in [0.2, 0.25) is 0 Å². The van der Waals surface area contributed by atoms with Gasteiger partial charge in [-0.2, -0.15) is 0 Å². The van der Waals surface area contributed by atoms with E-state index in [1.165, 1.54) is 0 Å². The lowest BCUT2D eigenvalue weighted by molar-refractivity contribution is -0.116. The molecule has 0 aromatic rings. The number of carbonyl (C=O) groups excluding carboxylic acids is 1. The summed E-state index contributed by atoms with van der Waals surface area (Å²) in [5.41, 5.74) is 0. The predicted molar refractivity (Wildman–Crippen MR) is 44.4 cm³/mol. The summed E-state index contributed by atoms with van der Waals surface area (Å²) in [6, 6.07) is 0. The van der Waals surface area contributed by atoms with Crippen LogP contribution in [0.2, 0.25) is 0 Å². The van der Waals surface area contributed by atoms with E-state index in [0.717, 1.165) is 0 Å². The molecule has 0 saturated heterocycles. The van der Waals surface area contributed by atoms with E-state index in [9.17, 15) is 4.79 Å². The summed E-state index contributed by atoms with van der Waals surface area (Å²) in [5, 5.41) is 3.00. The molecule has 0 spiro atoms. The average molecular weight is 159 g/mol. The zero-order valence-electron chi connectivity index (χ0n) is 7.52. The Labute approximate surface area is 68.1 Å². The molecule has 0 aliphatic carbocycles. The molecule has 0 atom stereocenters. The third-order valence-corrected chi connectivity index (χ3v) is 1.17. The number of hydrogen-bond acceptors (Lipinski definition) is 3. The largest absolute Gasteiger partial charge is 0.364 e. The van der Waals surface area contributed by atoms with Gasteiger partial charge < -0.3 is 4.74 Å². The highest BCUT2D eigenvalue weighted by atomic mass is 16.5. The van der Waals surface area contributed by atoms with Crippen LogP contribution in [0, 0.1) is 0 Å². The number of nitrogens with one attached hydrogen (secondary N) is 1. The molecule has 3 nitrogen and oxygen atoms in total. The van der Waals surface area contributed by atoms with E-state index in [4.69, 9.17) is 4.74 Å². The Morgan fingerprint density at radius 2 is 2.18 bits per heavy atom. The van der Waals surface area contributed by atoms with Crippen LogP contribution in [-0.4, -0.2) is 25.2 Å². The van der Waals surface area contributed by atoms with Crippen molar-refractivity contribution in [2.24, 2.45) is 0 Å². The van der Waals surface area contributed by atoms with Crippen molar-refractivity contribution >= 4 is 5.78 Å². The summed E-state index contributed by atoms with van der Waals surface area (Å²) in [7, 11) is 0. The molecule has 0 heterocycles. The molecular weight excluding hydrogens is 142 g/mol. The Kier molecular flexibility index (Phi) is 6.07. The third kappa shape index (κ3) is 9.59. The number of ether oxygens (including phenoxy) is 1. The smallest absolute Gasteiger partial charge is 0.131 e. The molecule has 0 amide bonds. The van der Waals surface area contributed by atoms with Crippen LogP contribution in [0.4, 0.5) is 0 Å². The van der Waals surface area contributed by atoms with E-state index in [2.05, 4.69) is 5.32 Å². The molecule has 0 bridgehead atoms. The van der Waals surface area contributed by atoms with Crippen LogP contribution >= 0.6 is 0 Å². The molecule has 66 valence electrons. The SMILES string of the molecule is CC(=O)CCNCOC(C)C. The molecule has 0 aromatic carbocycles. The molecule has 0 saturated carbocycles. The molecule has 3 heteroatoms. The minimum absolute atomic E-state index is 0.210. The van der Waals surface area contributed by atoms with Crippen molar-refractivity contribution in [2.75, 3.05) is 13.3 Å². The monoisotopic (exact) mass is 159 g/mol. The zero-order chi connectivity index (χ0) is 8.69. The van der Waals surface area contributed by atoms with Crippen LogP contribution in [0.25, 0.3) is 0 Å². The summed E-state index contributed by atoms with van der Waals surface area (Å²) in [6.45, 7) is 6.79. The lowest BCUT2D eigenvalue weighted by Crippen LogP contribution is -2.22. The van der Waals surface area contributed by atoms with Gasteiger partial charge in [-0.25, -0.2) is 0 Å². The number of hydrogen-bond donors (Lipinski definition) is 1. The van der Waals surface area contributed by atoms with Crippen LogP contribution in [0.3, 0.4) is 0 Å². The van der Waals surface area contributed by atoms with Crippen LogP contribution in [0.5, 0.6) is 0 Å². The first kappa shape index (κ1) is 10.6. The lowest BCUT2D eigenvalue weighted by atomic mass is 10.3. The number of carbonyl (C=O) groups is 1. The molecule has 0 aliphatic rings. The minimum atomic E-state index is 0.210. The normalized spacial score (nSPS) is 10.5. The van der Waals surface area contributed by atoms with E-state index >= 15 is 0 Å². The van der Waals surface area contributed by atoms with Crippen molar-refractivity contribution in [1.29, 1.82) is 0 Å². The molecule has 1 N–H and O–H groups in total. The number of ketones is 1. The van der Waals surface area contributed by atoms with Gasteiger partial charge in [0.1, 0.15) is 5.78 Å². The zero-order valence-corrected chi connectivity index (χ0v) is 7.52. The third-order valence-electron chi connectivity index (χ3n) is 1.17. The minimum Gasteiger partial charge on any atom is -0.364 e. The van der Waals surface area contributed by atoms with Crippen molar-refractivity contribution < 1.29 is 9.53 Å². The number of rotatable bonds is 6. The molecule has 11 heavy (non-hydrogen) atoms. The first-order valence-corrected chi connectivity index (χ1v) is 3.94. The van der Waals surface area contributed by atoms with Gasteiger partial charge >= 0.3 is 0 Å². The molecule has 0 rings (SSSR count). The van der Waals surface area contributed by atoms with Gasteiger partial charge in [0, 0.05) is 13.0 Å². The maximum absolute atomic E-state index is 10.5. The highest BCUT2D eigenvalue weighted by molar-refractivity contribution is 5.75. The summed E-state index contributed by atoms with van der Waals surface area (Å²) in [6.07, 6.45) is 0.835. The number of Topliss-reactive ketones (excluding diaryl/α,β-unsaturated/α-hetero) is 1. The fourth-order valence-electron chi connectivity index (χ4n) is 0.562. The van der Waals surface area contributed by atoms with Crippen molar-refractivity contribution in [3.63, 3.8) is 0 Å². The topological polar surface area (TPSA) is 38.3 Å². The van der Waals surface area contributed by atoms with Crippen molar-refractivity contribution in [2.45, 2.75) is 33.3 Å². The fraction of sp³-hybridized carbons (Fsp3) is 0.875. The summed E-state index contributed by atoms with van der Waals surface area (Å²) < 4.78 is 5.20. The van der Waals surface area contributed by atoms with Crippen LogP contribution < -0.4 is 5.32 Å². The quantitative estimate of drug-likeness (QED) is 0.463. The van der Waals surface area contributed by atoms with Gasteiger partial charge in [-0.1, -0.05) is 0 Å². The van der Waals surface area contributed by atoms with E-state index in [0.29, 0.717) is 19.7 Å². The Balaban J connectivity index is 2.97. The second kappa shape index (κ2) is 6.31. The molecule has 0 fully saturated rings. The highest BCUT2D eigenvalue weighted by Crippen LogP contribution is 1.84. The van der Waals surface area contributed by atoms with Crippen LogP contribution in [0.15, 0.2) is 0 Å². The van der Waals surface area contributed by atoms with E-state index in [1.807, 2.05) is 13.8 Å². The van der Waals surface area contributed by atoms with Crippen LogP contribution in [-0.2, 0) is 9.53 Å². The second-order valence-corrected chi connectivity index (χ2v) is 2.81. The van der Waals surface area contributed by atoms with E-state index in [1.54, 1.807) is 6.92 Å². The molecule has 0 aromatic heterocycles. The Morgan fingerprint density at radius 3 is 2.64 bits per heavy atom. The first-order valence-electron chi connectivity index (χ1n) is 3.94. The summed E-state index contributed by atoms with van der Waals surface area (Å²) >= 11 is 0. The van der Waals surface area contributed by atoms with Crippen molar-refractivity contribution in [1.82, 2.24) is 5.32 Å². The van der Waals surface area contributed by atoms with Gasteiger partial charge in [-0.15, -0.1) is 0 Å². The van der Waals surface area contributed by atoms with Gasteiger partial charge in [-0.05, 0) is 20.8 Å². The van der Waals surface area contributed by atoms with Gasteiger partial charge in [-0.3, -0.25) is 10.1 Å². The van der Waals surface area contributed by atoms with E-state index in [-0.39, 0.29) is 11.9 Å². The molecule has 0 aliphatic heterocycles. The Bertz CT molecular complexity index is 113. The predicted octanol–water partition coefficient (Wildman–Crippen LogP) is 0.938. The first-order chi connectivity index (χ1) is 5.13. The molecule has 0 unspecified atom stereocenters. The summed E-state index contributed by atoms with van der Waals surface area (Å²) in [4.78, 5) is 10.5. The van der Waals surface area contributed by atoms with Crippen LogP contribution in [0.1, 0.15) is 27.2 Å². The Hall–Kier alpha value is -0.410. The Morgan fingerprint density at radius 1 is 1.55 bits per heavy atom. The molecular formula is C8H17NO2. The fourth-order valence-corrected chi connectivity index (χ4v) is 0.562. The standard InChI is InChI=1S/C8H17NO2/c1-7(2)11-6-9-5-4-8(3)10/h7,9H,4-6H2,1-3H3. The lowest BCUT2D eigenvalue weighted by Gasteiger charge is -2.07. The highest BCUT2D eigenvalue weighted by Gasteiger charge is 1.93. The maximum atomic E-state index is 10.5. The van der Waals surface area contributed by atoms with Crippen molar-refractivity contribution in [3.8, 4) is 0 Å². The second-order valence-electron chi connectivity index (χ2n) is 2.81. The van der Waals surface area contributed by atoms with Gasteiger partial charge in [0.05, 0.1) is 12.8 Å². The average Bonchev–Trinajstić information content (AvgIpc) is 1.85. The van der Waals surface area contributed by atoms with Crippen molar-refractivity contribution in [3.05, 3.63) is 0 Å².